The van der Waals surface area contributed by atoms with Crippen molar-refractivity contribution in [1.29, 1.82) is 0 Å². The Labute approximate surface area is 139 Å². The van der Waals surface area contributed by atoms with E-state index in [1.54, 1.807) is 6.92 Å². The molecule has 0 radical (unpaired) electrons. The van der Waals surface area contributed by atoms with Crippen molar-refractivity contribution in [3.63, 3.8) is 0 Å². The molecule has 0 bridgehead atoms. The summed E-state index contributed by atoms with van der Waals surface area (Å²) < 4.78 is 0. The first-order valence-electron chi connectivity index (χ1n) is 7.61. The van der Waals surface area contributed by atoms with Gasteiger partial charge in [0.05, 0.1) is 4.88 Å². The summed E-state index contributed by atoms with van der Waals surface area (Å²) >= 11 is 1.45. The molecule has 120 valence electrons. The van der Waals surface area contributed by atoms with Crippen LogP contribution in [-0.2, 0) is 16.8 Å². The monoisotopic (exact) mass is 329 g/mol. The van der Waals surface area contributed by atoms with E-state index in [0.717, 1.165) is 22.5 Å². The zero-order valence-electron chi connectivity index (χ0n) is 13.0. The smallest absolute Gasteiger partial charge is 0.315 e. The quantitative estimate of drug-likeness (QED) is 0.856. The van der Waals surface area contributed by atoms with Crippen molar-refractivity contribution in [3.05, 3.63) is 57.8 Å². The van der Waals surface area contributed by atoms with Crippen molar-refractivity contribution >= 4 is 23.1 Å². The number of hydrogen-bond donors (Lipinski definition) is 1. The topological polar surface area (TPSA) is 57.6 Å². The number of carbonyl (C=O) groups is 2. The second-order valence-electron chi connectivity index (χ2n) is 6.09. The number of aliphatic carboxylic acids is 1. The number of rotatable bonds is 5. The van der Waals surface area contributed by atoms with Crippen LogP contribution >= 0.6 is 11.3 Å². The van der Waals surface area contributed by atoms with E-state index in [2.05, 4.69) is 4.90 Å². The summed E-state index contributed by atoms with van der Waals surface area (Å²) in [7, 11) is 0. The average Bonchev–Trinajstić information content (AvgIpc) is 3.16. The Morgan fingerprint density at radius 1 is 1.30 bits per heavy atom. The normalized spacial score (nSPS) is 21.4. The van der Waals surface area contributed by atoms with Crippen molar-refractivity contribution in [2.45, 2.75) is 25.3 Å². The van der Waals surface area contributed by atoms with E-state index >= 15 is 0 Å². The second-order valence-corrected chi connectivity index (χ2v) is 7.00. The second kappa shape index (κ2) is 6.26. The maximum absolute atomic E-state index is 11.9. The van der Waals surface area contributed by atoms with Gasteiger partial charge in [-0.05, 0) is 35.9 Å². The summed E-state index contributed by atoms with van der Waals surface area (Å²) in [5, 5.41) is 11.8. The van der Waals surface area contributed by atoms with Crippen molar-refractivity contribution in [3.8, 4) is 0 Å². The zero-order valence-corrected chi connectivity index (χ0v) is 13.8. The third-order valence-corrected chi connectivity index (χ3v) is 5.57. The lowest BCUT2D eigenvalue weighted by Crippen LogP contribution is -2.38. The van der Waals surface area contributed by atoms with Gasteiger partial charge < -0.3 is 5.11 Å². The molecule has 23 heavy (non-hydrogen) atoms. The van der Waals surface area contributed by atoms with Gasteiger partial charge in [-0.15, -0.1) is 11.3 Å². The van der Waals surface area contributed by atoms with Crippen molar-refractivity contribution < 1.29 is 14.7 Å². The van der Waals surface area contributed by atoms with Crippen molar-refractivity contribution in [1.82, 2.24) is 4.90 Å². The predicted octanol–water partition coefficient (Wildman–Crippen LogP) is 3.18. The molecule has 1 aromatic heterocycles. The number of carboxylic acid groups (broad SMARTS) is 1. The number of likely N-dealkylation sites (tertiary alicyclic amines) is 1. The Morgan fingerprint density at radius 2 is 2.04 bits per heavy atom. The third-order valence-electron chi connectivity index (χ3n) is 4.49. The van der Waals surface area contributed by atoms with E-state index in [9.17, 15) is 14.7 Å². The molecule has 0 spiro atoms. The van der Waals surface area contributed by atoms with Crippen LogP contribution in [0.2, 0.25) is 0 Å². The minimum Gasteiger partial charge on any atom is -0.481 e. The molecule has 1 aliphatic rings. The Balaban J connectivity index is 1.77. The van der Waals surface area contributed by atoms with Gasteiger partial charge in [-0.3, -0.25) is 14.5 Å². The number of Topliss-reactive ketones (excluding diaryl/α,β-unsaturated/α-hetero) is 1. The molecule has 1 aromatic carbocycles. The number of carbonyl (C=O) groups excluding carboxylic acids is 1. The van der Waals surface area contributed by atoms with E-state index in [1.807, 2.05) is 41.8 Å². The number of hydrogen-bond acceptors (Lipinski definition) is 4. The highest BCUT2D eigenvalue weighted by Crippen LogP contribution is 2.36. The van der Waals surface area contributed by atoms with Gasteiger partial charge in [-0.2, -0.15) is 0 Å². The van der Waals surface area contributed by atoms with Crippen molar-refractivity contribution in [2.75, 3.05) is 13.1 Å². The van der Waals surface area contributed by atoms with E-state index in [-0.39, 0.29) is 5.78 Å². The maximum Gasteiger partial charge on any atom is 0.315 e. The molecule has 1 unspecified atom stereocenters. The highest BCUT2D eigenvalue weighted by atomic mass is 32.1. The van der Waals surface area contributed by atoms with Crippen LogP contribution in [0.1, 0.15) is 34.1 Å². The van der Waals surface area contributed by atoms with Crippen LogP contribution in [0, 0.1) is 0 Å². The fourth-order valence-corrected chi connectivity index (χ4v) is 4.02. The lowest BCUT2D eigenvalue weighted by molar-refractivity contribution is -0.143. The van der Waals surface area contributed by atoms with E-state index in [4.69, 9.17) is 0 Å². The summed E-state index contributed by atoms with van der Waals surface area (Å²) in [5.41, 5.74) is 1.11. The molecule has 1 fully saturated rings. The van der Waals surface area contributed by atoms with Crippen LogP contribution in [0.5, 0.6) is 0 Å². The van der Waals surface area contributed by atoms with Crippen LogP contribution in [-0.4, -0.2) is 34.8 Å². The maximum atomic E-state index is 11.9. The van der Waals surface area contributed by atoms with E-state index in [0.29, 0.717) is 19.5 Å². The lowest BCUT2D eigenvalue weighted by Gasteiger charge is -2.25. The van der Waals surface area contributed by atoms with Gasteiger partial charge in [-0.25, -0.2) is 0 Å². The number of ketones is 1. The van der Waals surface area contributed by atoms with Gasteiger partial charge in [-0.1, -0.05) is 30.3 Å². The molecule has 0 amide bonds. The van der Waals surface area contributed by atoms with Gasteiger partial charge >= 0.3 is 5.97 Å². The van der Waals surface area contributed by atoms with Gasteiger partial charge in [0.1, 0.15) is 5.41 Å². The van der Waals surface area contributed by atoms with Crippen LogP contribution in [0.3, 0.4) is 0 Å². The first-order chi connectivity index (χ1) is 11.0. The van der Waals surface area contributed by atoms with Crippen molar-refractivity contribution in [2.24, 2.45) is 0 Å². The predicted molar refractivity (Wildman–Crippen MR) is 90.0 cm³/mol. The Bertz CT molecular complexity index is 725. The molecule has 1 saturated heterocycles. The van der Waals surface area contributed by atoms with Crippen LogP contribution in [0.25, 0.3) is 0 Å². The molecule has 1 aliphatic heterocycles. The molecule has 1 atom stereocenters. The minimum absolute atomic E-state index is 0.0758. The molecule has 4 nitrogen and oxygen atoms in total. The van der Waals surface area contributed by atoms with Gasteiger partial charge in [0.15, 0.2) is 5.78 Å². The third kappa shape index (κ3) is 3.07. The summed E-state index contributed by atoms with van der Waals surface area (Å²) in [6, 6.07) is 11.4. The molecular formula is C18H19NO3S. The summed E-state index contributed by atoms with van der Waals surface area (Å²) in [6.45, 7) is 3.49. The van der Waals surface area contributed by atoms with Gasteiger partial charge in [0.25, 0.3) is 0 Å². The largest absolute Gasteiger partial charge is 0.481 e. The summed E-state index contributed by atoms with van der Waals surface area (Å²) in [4.78, 5) is 26.3. The number of benzene rings is 1. The SMILES string of the molecule is CC(=O)c1cc(CN2CCC(C(=O)O)(c3ccccc3)C2)cs1. The number of carboxylic acids is 1. The van der Waals surface area contributed by atoms with Gasteiger partial charge in [0.2, 0.25) is 0 Å². The first-order valence-corrected chi connectivity index (χ1v) is 8.49. The molecule has 0 saturated carbocycles. The van der Waals surface area contributed by atoms with Crippen LogP contribution in [0.15, 0.2) is 41.8 Å². The highest BCUT2D eigenvalue weighted by molar-refractivity contribution is 7.12. The first kappa shape index (κ1) is 15.9. The van der Waals surface area contributed by atoms with E-state index < -0.39 is 11.4 Å². The fourth-order valence-electron chi connectivity index (χ4n) is 3.22. The zero-order chi connectivity index (χ0) is 16.4. The number of thiophene rings is 1. The Kier molecular flexibility index (Phi) is 4.33. The lowest BCUT2D eigenvalue weighted by atomic mass is 9.80. The van der Waals surface area contributed by atoms with Crippen LogP contribution < -0.4 is 0 Å². The summed E-state index contributed by atoms with van der Waals surface area (Å²) in [5.74, 6) is -0.687. The molecular weight excluding hydrogens is 310 g/mol. The Morgan fingerprint density at radius 3 is 2.65 bits per heavy atom. The fraction of sp³-hybridized carbons (Fsp3) is 0.333. The molecule has 5 heteroatoms. The molecule has 2 heterocycles. The van der Waals surface area contributed by atoms with Gasteiger partial charge in [0, 0.05) is 19.6 Å². The minimum atomic E-state index is -0.833. The standard InChI is InChI=1S/C18H19NO3S/c1-13(20)16-9-14(11-23-16)10-19-8-7-18(12-19,17(21)22)15-5-3-2-4-6-15/h2-6,9,11H,7-8,10,12H2,1H3,(H,21,22). The highest BCUT2D eigenvalue weighted by Gasteiger charge is 2.46. The average molecular weight is 329 g/mol. The molecule has 0 aliphatic carbocycles. The summed E-state index contributed by atoms with van der Waals surface area (Å²) in [6.07, 6.45) is 0.607. The molecule has 1 N–H and O–H groups in total. The number of nitrogens with zero attached hydrogens (tertiary/aromatic N) is 1. The van der Waals surface area contributed by atoms with E-state index in [1.165, 1.54) is 11.3 Å². The Hall–Kier alpha value is -1.98. The molecule has 3 rings (SSSR count). The molecule has 2 aromatic rings. The van der Waals surface area contributed by atoms with Crippen LogP contribution in [0.4, 0.5) is 0 Å².